The number of carbonyl (C=O) groups is 7. The van der Waals surface area contributed by atoms with Crippen LogP contribution in [0.1, 0.15) is 155 Å². The first-order valence-corrected chi connectivity index (χ1v) is 35.2. The van der Waals surface area contributed by atoms with Crippen LogP contribution >= 0.6 is 30.3 Å². The average molecular weight is 1350 g/mol. The highest BCUT2D eigenvalue weighted by Crippen LogP contribution is 2.59. The number of thiazole rings is 1. The van der Waals surface area contributed by atoms with Crippen LogP contribution in [-0.4, -0.2) is 139 Å². The number of nitrogens with one attached hydrogen (secondary N) is 4. The number of piperidine rings is 1. The lowest BCUT2D eigenvalue weighted by Crippen LogP contribution is -2.61. The topological polar surface area (TPSA) is 277 Å². The fourth-order valence-electron chi connectivity index (χ4n) is 12.5. The molecule has 0 aliphatic carbocycles. The van der Waals surface area contributed by atoms with E-state index in [0.717, 1.165) is 69.1 Å². The Balaban J connectivity index is 0.771. The van der Waals surface area contributed by atoms with Gasteiger partial charge in [-0.3, -0.25) is 38.1 Å². The number of benzene rings is 4. The maximum atomic E-state index is 15.2. The van der Waals surface area contributed by atoms with Gasteiger partial charge in [0.05, 0.1) is 33.1 Å². The Morgan fingerprint density at radius 3 is 2.15 bits per heavy atom. The Labute approximate surface area is 554 Å². The molecule has 25 heteroatoms. The maximum Gasteiger partial charge on any atom is 0.399 e. The standard InChI is InChI=1S/C69H85F2N8O12PS2/c1-41(43-21-23-45(24-22-43)59-42(2)73-40-93-59)74-62(83)53-35-51(80)38-79(53)65(86)60(67(3,4)5)75-57(81)20-14-9-10-15-29-72-58(82)39-91-52-27-25-46-33-54(64(85)77-30-16-19-47(36-77)44-17-12-11-13-18-44)78(37-49(46)32-52)66(87)61(68(6,7)8)76-63(84)56-34-48-31-50(26-28-55(48)94-56)69(70,71)92(88,89)90/h11-13,17-18,21-28,31-32,34,40-41,47,51,53-54,60-61,80H,9-10,14-16,19-20,29-30,33,35-39H2,1-8H3,(H,72,82)(H,74,83)(H,75,81)(H,76,84)(H2,88,89,90)/t41-,47-,51+,53-,54-,60+,61+/m0/s1. The summed E-state index contributed by atoms with van der Waals surface area (Å²) in [6, 6.07) is 23.1. The summed E-state index contributed by atoms with van der Waals surface area (Å²) in [5, 5.41) is 22.6. The monoisotopic (exact) mass is 1350 g/mol. The molecule has 0 spiro atoms. The predicted molar refractivity (Wildman–Crippen MR) is 356 cm³/mol. The molecule has 7 atom stereocenters. The van der Waals surface area contributed by atoms with E-state index in [9.17, 15) is 57.0 Å². The molecule has 0 bridgehead atoms. The summed E-state index contributed by atoms with van der Waals surface area (Å²) in [4.78, 5) is 128. The zero-order valence-corrected chi connectivity index (χ0v) is 56.8. The largest absolute Gasteiger partial charge is 0.484 e. The molecule has 0 unspecified atom stereocenters. The number of β-amino-alcohol motifs (C(OH)–C–C–N with tert-alkyl or cyclic N) is 1. The number of amides is 7. The summed E-state index contributed by atoms with van der Waals surface area (Å²) in [6.45, 7) is 15.5. The van der Waals surface area contributed by atoms with Crippen LogP contribution in [0.4, 0.5) is 8.78 Å². The molecule has 2 saturated heterocycles. The number of ether oxygens (including phenoxy) is 1. The van der Waals surface area contributed by atoms with Gasteiger partial charge in [-0.25, -0.2) is 4.98 Å². The third-order valence-electron chi connectivity index (χ3n) is 17.8. The third kappa shape index (κ3) is 17.0. The van der Waals surface area contributed by atoms with Crippen LogP contribution in [0.15, 0.2) is 103 Å². The molecule has 9 rings (SSSR count). The number of aliphatic hydroxyl groups is 1. The number of likely N-dealkylation sites (tertiary alicyclic amines) is 2. The van der Waals surface area contributed by atoms with Crippen LogP contribution in [0.25, 0.3) is 20.5 Å². The first-order valence-electron chi connectivity index (χ1n) is 31.9. The second kappa shape index (κ2) is 29.7. The van der Waals surface area contributed by atoms with Crippen LogP contribution in [0, 0.1) is 17.8 Å². The van der Waals surface area contributed by atoms with Gasteiger partial charge < -0.3 is 55.6 Å². The van der Waals surface area contributed by atoms with E-state index in [1.165, 1.54) is 21.9 Å². The molecule has 7 N–H and O–H groups in total. The average Bonchev–Trinajstić information content (AvgIpc) is 1.21. The lowest BCUT2D eigenvalue weighted by atomic mass is 9.83. The zero-order chi connectivity index (χ0) is 68.0. The van der Waals surface area contributed by atoms with E-state index in [-0.39, 0.29) is 78.9 Å². The lowest BCUT2D eigenvalue weighted by molar-refractivity contribution is -0.150. The van der Waals surface area contributed by atoms with Crippen LogP contribution in [0.3, 0.4) is 0 Å². The number of alkyl halides is 2. The highest BCUT2D eigenvalue weighted by Gasteiger charge is 2.51. The van der Waals surface area contributed by atoms with Gasteiger partial charge in [-0.05, 0) is 114 Å². The Morgan fingerprint density at radius 1 is 0.777 bits per heavy atom. The maximum absolute atomic E-state index is 15.2. The van der Waals surface area contributed by atoms with E-state index in [1.54, 1.807) is 49.8 Å². The van der Waals surface area contributed by atoms with Crippen molar-refractivity contribution in [2.45, 2.75) is 168 Å². The van der Waals surface area contributed by atoms with E-state index in [0.29, 0.717) is 61.3 Å². The van der Waals surface area contributed by atoms with Gasteiger partial charge >= 0.3 is 13.3 Å². The van der Waals surface area contributed by atoms with Gasteiger partial charge in [0.25, 0.3) is 11.8 Å². The Morgan fingerprint density at radius 2 is 1.47 bits per heavy atom. The number of aryl methyl sites for hydroxylation is 1. The smallest absolute Gasteiger partial charge is 0.399 e. The highest BCUT2D eigenvalue weighted by molar-refractivity contribution is 7.52. The number of fused-ring (bicyclic) bond motifs is 2. The van der Waals surface area contributed by atoms with Crippen molar-refractivity contribution in [1.82, 2.24) is 41.0 Å². The minimum absolute atomic E-state index is 0.0426. The number of thiophene rings is 1. The number of halogens is 2. The fourth-order valence-corrected chi connectivity index (χ4v) is 14.7. The van der Waals surface area contributed by atoms with Crippen LogP contribution in [0.2, 0.25) is 0 Å². The van der Waals surface area contributed by atoms with E-state index >= 15 is 4.79 Å². The summed E-state index contributed by atoms with van der Waals surface area (Å²) in [5.74, 6) is -2.56. The second-order valence-corrected chi connectivity index (χ2v) is 30.6. The van der Waals surface area contributed by atoms with Crippen molar-refractivity contribution < 1.29 is 66.5 Å². The van der Waals surface area contributed by atoms with Gasteiger partial charge in [-0.1, -0.05) is 121 Å². The molecule has 0 saturated carbocycles. The summed E-state index contributed by atoms with van der Waals surface area (Å²) in [5.41, 5.74) is 0.182. The molecule has 3 aliphatic rings. The van der Waals surface area contributed by atoms with Crippen molar-refractivity contribution >= 4 is 81.7 Å². The number of aromatic nitrogens is 1. The molecular formula is C69H85F2N8O12PS2. The Kier molecular flexibility index (Phi) is 22.4. The molecule has 5 heterocycles. The third-order valence-corrected chi connectivity index (χ3v) is 20.9. The molecule has 20 nitrogen and oxygen atoms in total. The molecule has 94 heavy (non-hydrogen) atoms. The van der Waals surface area contributed by atoms with Gasteiger partial charge in [0.2, 0.25) is 29.5 Å². The molecule has 4 aromatic carbocycles. The van der Waals surface area contributed by atoms with Gasteiger partial charge in [0, 0.05) is 68.2 Å². The minimum atomic E-state index is -5.87. The van der Waals surface area contributed by atoms with E-state index < -0.39 is 83.6 Å². The van der Waals surface area contributed by atoms with Gasteiger partial charge in [0.1, 0.15) is 29.9 Å². The van der Waals surface area contributed by atoms with E-state index in [2.05, 4.69) is 26.3 Å². The quantitative estimate of drug-likeness (QED) is 0.0233. The number of hydrogen-bond donors (Lipinski definition) is 7. The van der Waals surface area contributed by atoms with Crippen LogP contribution in [-0.2, 0) is 52.0 Å². The van der Waals surface area contributed by atoms with Crippen molar-refractivity contribution in [3.8, 4) is 16.2 Å². The summed E-state index contributed by atoms with van der Waals surface area (Å²) in [7, 11) is -5.87. The SMILES string of the molecule is Cc1ncsc1-c1ccc([C@H](C)NC(=O)[C@@H]2C[C@@H](O)CN2C(=O)[C@@H](NC(=O)CCCCCCNC(=O)COc2ccc3c(c2)CN(C(=O)[C@@H](NC(=O)c2cc4cc(C(F)(F)P(=O)(O)O)ccc4s2)C(C)(C)C)[C@H](C(=O)N2CCC[C@H](c4ccccc4)C2)C3)C(C)(C)C)cc1. The predicted octanol–water partition coefficient (Wildman–Crippen LogP) is 9.88. The zero-order valence-electron chi connectivity index (χ0n) is 54.3. The fraction of sp³-hybridized carbons (Fsp3) is 0.478. The molecule has 504 valence electrons. The van der Waals surface area contributed by atoms with Crippen LogP contribution in [0.5, 0.6) is 5.75 Å². The van der Waals surface area contributed by atoms with Gasteiger partial charge in [0.15, 0.2) is 6.61 Å². The number of rotatable bonds is 23. The summed E-state index contributed by atoms with van der Waals surface area (Å²) >= 11 is 2.51. The Hall–Kier alpha value is -7.47. The lowest BCUT2D eigenvalue weighted by Gasteiger charge is -2.43. The second-order valence-electron chi connectivity index (χ2n) is 27.1. The number of nitrogens with zero attached hydrogens (tertiary/aromatic N) is 4. The van der Waals surface area contributed by atoms with Crippen molar-refractivity contribution in [3.63, 3.8) is 0 Å². The number of aliphatic hydroxyl groups excluding tert-OH is 1. The van der Waals surface area contributed by atoms with E-state index in [1.807, 2.05) is 100 Å². The molecule has 2 aromatic heterocycles. The number of hydrogen-bond acceptors (Lipinski definition) is 13. The molecular weight excluding hydrogens is 1270 g/mol. The van der Waals surface area contributed by atoms with Gasteiger partial charge in [-0.2, -0.15) is 8.78 Å². The highest BCUT2D eigenvalue weighted by atomic mass is 32.1. The van der Waals surface area contributed by atoms with Crippen molar-refractivity contribution in [2.75, 3.05) is 32.8 Å². The Bertz CT molecular complexity index is 3790. The molecule has 3 aliphatic heterocycles. The number of unbranched alkanes of at least 4 members (excludes halogenated alkanes) is 3. The number of carbonyl (C=O) groups excluding carboxylic acids is 7. The molecule has 6 aromatic rings. The van der Waals surface area contributed by atoms with Gasteiger partial charge in [-0.15, -0.1) is 22.7 Å². The normalized spacial score (nSPS) is 18.8. The van der Waals surface area contributed by atoms with E-state index in [4.69, 9.17) is 4.74 Å². The molecule has 7 amide bonds. The van der Waals surface area contributed by atoms with Crippen molar-refractivity contribution in [2.24, 2.45) is 10.8 Å². The first kappa shape index (κ1) is 70.8. The molecule has 2 fully saturated rings. The van der Waals surface area contributed by atoms with Crippen molar-refractivity contribution in [3.05, 3.63) is 141 Å². The van der Waals surface area contributed by atoms with Crippen molar-refractivity contribution in [1.29, 1.82) is 0 Å². The molecule has 0 radical (unpaired) electrons. The summed E-state index contributed by atoms with van der Waals surface area (Å²) in [6.07, 6.45) is 3.58. The minimum Gasteiger partial charge on any atom is -0.484 e. The summed E-state index contributed by atoms with van der Waals surface area (Å²) < 4.78 is 47.5. The van der Waals surface area contributed by atoms with Crippen LogP contribution < -0.4 is 26.0 Å². The first-order chi connectivity index (χ1) is 44.4.